The monoisotopic (exact) mass is 324 g/mol. The largest absolute Gasteiger partial charge is 0.316 e. The maximum Gasteiger partial charge on any atom is 0.0453 e. The van der Waals surface area contributed by atoms with Crippen LogP contribution >= 0.6 is 11.6 Å². The van der Waals surface area contributed by atoms with Crippen LogP contribution in [0.5, 0.6) is 0 Å². The van der Waals surface area contributed by atoms with E-state index in [1.54, 1.807) is 0 Å². The third-order valence-corrected chi connectivity index (χ3v) is 4.26. The smallest absolute Gasteiger partial charge is 0.0453 e. The quantitative estimate of drug-likeness (QED) is 0.813. The summed E-state index contributed by atoms with van der Waals surface area (Å²) < 4.78 is 0. The molecule has 0 bridgehead atoms. The van der Waals surface area contributed by atoms with Gasteiger partial charge in [0.05, 0.1) is 0 Å². The van der Waals surface area contributed by atoms with Gasteiger partial charge in [0.2, 0.25) is 0 Å². The summed E-state index contributed by atoms with van der Waals surface area (Å²) in [6.45, 7) is 16.3. The van der Waals surface area contributed by atoms with Crippen LogP contribution in [0.3, 0.4) is 0 Å². The molecule has 0 radical (unpaired) electrons. The molecule has 2 rings (SSSR count). The molecule has 1 fully saturated rings. The van der Waals surface area contributed by atoms with Crippen molar-refractivity contribution < 1.29 is 0 Å². The van der Waals surface area contributed by atoms with E-state index in [9.17, 15) is 0 Å². The van der Waals surface area contributed by atoms with Gasteiger partial charge in [0.15, 0.2) is 0 Å². The number of rotatable bonds is 6. The van der Waals surface area contributed by atoms with E-state index < -0.39 is 0 Å². The molecule has 1 atom stereocenters. The molecule has 1 N–H and O–H groups in total. The Labute approximate surface area is 142 Å². The second-order valence-electron chi connectivity index (χ2n) is 6.54. The molecule has 0 amide bonds. The fourth-order valence-electron chi connectivity index (χ4n) is 2.98. The number of nitrogens with one attached hydrogen (secondary N) is 1. The lowest BCUT2D eigenvalue weighted by Crippen LogP contribution is -2.33. The van der Waals surface area contributed by atoms with Crippen molar-refractivity contribution in [2.45, 2.75) is 47.6 Å². The van der Waals surface area contributed by atoms with E-state index in [-0.39, 0.29) is 0 Å². The van der Waals surface area contributed by atoms with Gasteiger partial charge in [0.1, 0.15) is 0 Å². The van der Waals surface area contributed by atoms with E-state index in [1.807, 2.05) is 13.8 Å². The average Bonchev–Trinajstić information content (AvgIpc) is 2.96. The van der Waals surface area contributed by atoms with Gasteiger partial charge in [-0.15, -0.1) is 0 Å². The Bertz CT molecular complexity index is 425. The third kappa shape index (κ3) is 6.68. The van der Waals surface area contributed by atoms with Gasteiger partial charge in [-0.05, 0) is 55.5 Å². The van der Waals surface area contributed by atoms with Crippen LogP contribution in [0, 0.1) is 18.8 Å². The molecule has 1 saturated heterocycles. The van der Waals surface area contributed by atoms with Crippen LogP contribution in [-0.2, 0) is 6.54 Å². The Balaban J connectivity index is 0.00000116. The van der Waals surface area contributed by atoms with Gasteiger partial charge >= 0.3 is 0 Å². The number of benzene rings is 1. The fraction of sp³-hybridized carbons (Fsp3) is 0.684. The Morgan fingerprint density at radius 3 is 2.59 bits per heavy atom. The minimum atomic E-state index is 0.689. The van der Waals surface area contributed by atoms with Crippen LogP contribution < -0.4 is 5.32 Å². The highest BCUT2D eigenvalue weighted by Crippen LogP contribution is 2.21. The molecule has 0 unspecified atom stereocenters. The standard InChI is InChI=1S/C17H27ClN2.C2H6/c1-13(2)10-20(11-15-6-7-19-9-15)12-16-5-4-14(3)8-17(16)18;1-2/h4-5,8,13,15,19H,6-7,9-12H2,1-3H3;1-2H3/t15-;/m0./s1. The summed E-state index contributed by atoms with van der Waals surface area (Å²) in [5.74, 6) is 1.48. The van der Waals surface area contributed by atoms with Crippen molar-refractivity contribution in [2.24, 2.45) is 11.8 Å². The highest BCUT2D eigenvalue weighted by Gasteiger charge is 2.19. The number of halogens is 1. The Kier molecular flexibility index (Phi) is 9.08. The molecule has 22 heavy (non-hydrogen) atoms. The molecule has 0 saturated carbocycles. The highest BCUT2D eigenvalue weighted by atomic mass is 35.5. The lowest BCUT2D eigenvalue weighted by Gasteiger charge is -2.27. The molecule has 126 valence electrons. The number of aryl methyl sites for hydroxylation is 1. The summed E-state index contributed by atoms with van der Waals surface area (Å²) >= 11 is 6.39. The molecule has 2 nitrogen and oxygen atoms in total. The summed E-state index contributed by atoms with van der Waals surface area (Å²) in [7, 11) is 0. The summed E-state index contributed by atoms with van der Waals surface area (Å²) in [6.07, 6.45) is 1.30. The van der Waals surface area contributed by atoms with Crippen molar-refractivity contribution in [3.05, 3.63) is 34.3 Å². The topological polar surface area (TPSA) is 15.3 Å². The zero-order valence-corrected chi connectivity index (χ0v) is 15.7. The van der Waals surface area contributed by atoms with Crippen LogP contribution in [0.4, 0.5) is 0 Å². The summed E-state index contributed by atoms with van der Waals surface area (Å²) in [5.41, 5.74) is 2.48. The molecule has 1 aliphatic rings. The van der Waals surface area contributed by atoms with Crippen molar-refractivity contribution in [2.75, 3.05) is 26.2 Å². The second kappa shape index (κ2) is 10.3. The first-order chi connectivity index (χ1) is 10.5. The zero-order chi connectivity index (χ0) is 16.5. The predicted molar refractivity (Wildman–Crippen MR) is 98.6 cm³/mol. The van der Waals surface area contributed by atoms with E-state index >= 15 is 0 Å². The number of hydrogen-bond acceptors (Lipinski definition) is 2. The van der Waals surface area contributed by atoms with E-state index in [0.717, 1.165) is 30.6 Å². The average molecular weight is 325 g/mol. The van der Waals surface area contributed by atoms with Crippen LogP contribution in [-0.4, -0.2) is 31.1 Å². The minimum absolute atomic E-state index is 0.689. The zero-order valence-electron chi connectivity index (χ0n) is 15.0. The highest BCUT2D eigenvalue weighted by molar-refractivity contribution is 6.31. The second-order valence-corrected chi connectivity index (χ2v) is 6.95. The van der Waals surface area contributed by atoms with Gasteiger partial charge < -0.3 is 5.32 Å². The molecule has 1 aliphatic heterocycles. The molecule has 1 aromatic carbocycles. The first-order valence-corrected chi connectivity index (χ1v) is 9.10. The molecule has 0 aliphatic carbocycles. The minimum Gasteiger partial charge on any atom is -0.316 e. The first kappa shape index (κ1) is 19.5. The number of nitrogens with zero attached hydrogens (tertiary/aromatic N) is 1. The molecule has 0 aromatic heterocycles. The van der Waals surface area contributed by atoms with Crippen molar-refractivity contribution in [3.63, 3.8) is 0 Å². The van der Waals surface area contributed by atoms with Crippen molar-refractivity contribution in [3.8, 4) is 0 Å². The molecule has 1 heterocycles. The van der Waals surface area contributed by atoms with Crippen LogP contribution in [0.15, 0.2) is 18.2 Å². The predicted octanol–water partition coefficient (Wildman–Crippen LogP) is 4.74. The fourth-order valence-corrected chi connectivity index (χ4v) is 3.27. The van der Waals surface area contributed by atoms with E-state index in [2.05, 4.69) is 49.2 Å². The van der Waals surface area contributed by atoms with E-state index in [4.69, 9.17) is 11.6 Å². The first-order valence-electron chi connectivity index (χ1n) is 8.72. The van der Waals surface area contributed by atoms with Crippen LogP contribution in [0.1, 0.15) is 45.2 Å². The van der Waals surface area contributed by atoms with Crippen molar-refractivity contribution in [1.29, 1.82) is 0 Å². The molecule has 1 aromatic rings. The van der Waals surface area contributed by atoms with Crippen LogP contribution in [0.25, 0.3) is 0 Å². The summed E-state index contributed by atoms with van der Waals surface area (Å²) in [6, 6.07) is 6.41. The lowest BCUT2D eigenvalue weighted by atomic mass is 10.1. The molecule has 0 spiro atoms. The summed E-state index contributed by atoms with van der Waals surface area (Å²) in [4.78, 5) is 2.57. The Morgan fingerprint density at radius 1 is 1.32 bits per heavy atom. The summed E-state index contributed by atoms with van der Waals surface area (Å²) in [5, 5.41) is 4.37. The van der Waals surface area contributed by atoms with Crippen LogP contribution in [0.2, 0.25) is 5.02 Å². The molecule has 3 heteroatoms. The SMILES string of the molecule is CC.Cc1ccc(CN(CC(C)C)C[C@H]2CCNC2)c(Cl)c1. The van der Waals surface area contributed by atoms with Gasteiger partial charge in [0, 0.05) is 24.7 Å². The van der Waals surface area contributed by atoms with Crippen molar-refractivity contribution in [1.82, 2.24) is 10.2 Å². The Hall–Kier alpha value is -0.570. The van der Waals surface area contributed by atoms with Gasteiger partial charge in [-0.3, -0.25) is 4.90 Å². The molecular weight excluding hydrogens is 292 g/mol. The number of hydrogen-bond donors (Lipinski definition) is 1. The third-order valence-electron chi connectivity index (χ3n) is 3.90. The molecular formula is C19H33ClN2. The Morgan fingerprint density at radius 2 is 2.05 bits per heavy atom. The maximum atomic E-state index is 6.39. The van der Waals surface area contributed by atoms with Gasteiger partial charge in [-0.25, -0.2) is 0 Å². The van der Waals surface area contributed by atoms with Gasteiger partial charge in [-0.2, -0.15) is 0 Å². The van der Waals surface area contributed by atoms with Gasteiger partial charge in [-0.1, -0.05) is 51.4 Å². The van der Waals surface area contributed by atoms with E-state index in [0.29, 0.717) is 5.92 Å². The lowest BCUT2D eigenvalue weighted by molar-refractivity contribution is 0.205. The normalized spacial score (nSPS) is 17.7. The van der Waals surface area contributed by atoms with E-state index in [1.165, 1.54) is 30.6 Å². The van der Waals surface area contributed by atoms with Gasteiger partial charge in [0.25, 0.3) is 0 Å². The maximum absolute atomic E-state index is 6.39. The van der Waals surface area contributed by atoms with Crippen molar-refractivity contribution >= 4 is 11.6 Å².